The number of halogens is 1. The molecule has 104 valence electrons. The molecule has 3 aromatic rings. The Kier molecular flexibility index (Phi) is 3.15. The van der Waals surface area contributed by atoms with E-state index in [4.69, 9.17) is 5.73 Å². The van der Waals surface area contributed by atoms with E-state index in [1.807, 2.05) is 0 Å². The lowest BCUT2D eigenvalue weighted by atomic mass is 10.4. The zero-order chi connectivity index (χ0) is 14.3. The van der Waals surface area contributed by atoms with E-state index in [2.05, 4.69) is 30.6 Å². The highest BCUT2D eigenvalue weighted by atomic mass is 79.9. The van der Waals surface area contributed by atoms with Crippen molar-refractivity contribution in [1.82, 2.24) is 14.4 Å². The van der Waals surface area contributed by atoms with Crippen LogP contribution in [0.3, 0.4) is 0 Å². The summed E-state index contributed by atoms with van der Waals surface area (Å²) in [4.78, 5) is 8.42. The van der Waals surface area contributed by atoms with Crippen LogP contribution in [0.15, 0.2) is 39.5 Å². The molecule has 0 bridgehead atoms. The number of nitrogen functional groups attached to an aromatic ring is 1. The first-order valence-electron chi connectivity index (χ1n) is 5.32. The fraction of sp³-hybridized carbons (Fsp3) is 0. The Morgan fingerprint density at radius 3 is 3.00 bits per heavy atom. The number of nitrogens with zero attached hydrogens (tertiary/aromatic N) is 3. The third kappa shape index (κ3) is 2.15. The van der Waals surface area contributed by atoms with Crippen LogP contribution in [0.1, 0.15) is 0 Å². The lowest BCUT2D eigenvalue weighted by Gasteiger charge is -2.08. The molecule has 20 heavy (non-hydrogen) atoms. The minimum Gasteiger partial charge on any atom is -0.381 e. The monoisotopic (exact) mass is 373 g/mol. The molecule has 0 unspecified atom stereocenters. The fourth-order valence-corrected chi connectivity index (χ4v) is 4.25. The van der Waals surface area contributed by atoms with Crippen molar-refractivity contribution in [2.24, 2.45) is 0 Å². The second-order valence-corrected chi connectivity index (χ2v) is 7.14. The molecular formula is C10H8BrN5O2S2. The van der Waals surface area contributed by atoms with Crippen molar-refractivity contribution in [2.45, 2.75) is 5.03 Å². The molecule has 7 nitrogen and oxygen atoms in total. The number of thiazole rings is 1. The molecule has 0 saturated carbocycles. The predicted octanol–water partition coefficient (Wildman–Crippen LogP) is 1.94. The standard InChI is InChI=1S/C10H8BrN5O2S2/c11-6-5-13-2-1-7(6)15-20(17,18)9-8(12)14-10-16(9)3-4-19-10/h1-5H,12H2,(H,13,15). The average molecular weight is 374 g/mol. The molecule has 3 N–H and O–H groups in total. The average Bonchev–Trinajstić information content (AvgIpc) is 2.91. The van der Waals surface area contributed by atoms with Gasteiger partial charge in [0.15, 0.2) is 10.8 Å². The quantitative estimate of drug-likeness (QED) is 0.729. The lowest BCUT2D eigenvalue weighted by Crippen LogP contribution is -2.16. The Hall–Kier alpha value is -1.65. The van der Waals surface area contributed by atoms with Crippen molar-refractivity contribution in [2.75, 3.05) is 10.5 Å². The molecule has 0 fully saturated rings. The Labute approximate surface area is 126 Å². The van der Waals surface area contributed by atoms with Gasteiger partial charge >= 0.3 is 0 Å². The summed E-state index contributed by atoms with van der Waals surface area (Å²) < 4.78 is 29.4. The minimum atomic E-state index is -3.85. The van der Waals surface area contributed by atoms with Crippen molar-refractivity contribution >= 4 is 53.8 Å². The van der Waals surface area contributed by atoms with Gasteiger partial charge in [-0.3, -0.25) is 14.1 Å². The Balaban J connectivity index is 2.11. The van der Waals surface area contributed by atoms with Crippen LogP contribution < -0.4 is 10.5 Å². The molecule has 3 aromatic heterocycles. The van der Waals surface area contributed by atoms with E-state index in [9.17, 15) is 8.42 Å². The number of sulfonamides is 1. The number of imidazole rings is 1. The second kappa shape index (κ2) is 4.72. The summed E-state index contributed by atoms with van der Waals surface area (Å²) in [5, 5.41) is 1.67. The highest BCUT2D eigenvalue weighted by Crippen LogP contribution is 2.27. The van der Waals surface area contributed by atoms with Gasteiger partial charge in [-0.2, -0.15) is 8.42 Å². The van der Waals surface area contributed by atoms with E-state index in [1.165, 1.54) is 28.1 Å². The van der Waals surface area contributed by atoms with Crippen LogP contribution >= 0.6 is 27.3 Å². The van der Waals surface area contributed by atoms with Crippen LogP contribution in [0, 0.1) is 0 Å². The van der Waals surface area contributed by atoms with Crippen LogP contribution in [-0.4, -0.2) is 22.8 Å². The molecule has 3 rings (SSSR count). The maximum Gasteiger partial charge on any atom is 0.281 e. The van der Waals surface area contributed by atoms with Gasteiger partial charge in [-0.1, -0.05) is 0 Å². The molecule has 0 aromatic carbocycles. The van der Waals surface area contributed by atoms with Crippen molar-refractivity contribution in [1.29, 1.82) is 0 Å². The molecule has 0 atom stereocenters. The number of anilines is 2. The smallest absolute Gasteiger partial charge is 0.281 e. The van der Waals surface area contributed by atoms with E-state index < -0.39 is 10.0 Å². The van der Waals surface area contributed by atoms with Crippen molar-refractivity contribution in [3.05, 3.63) is 34.5 Å². The zero-order valence-corrected chi connectivity index (χ0v) is 13.0. The third-order valence-electron chi connectivity index (χ3n) is 2.51. The number of fused-ring (bicyclic) bond motifs is 1. The van der Waals surface area contributed by atoms with Crippen molar-refractivity contribution in [3.63, 3.8) is 0 Å². The number of nitrogens with one attached hydrogen (secondary N) is 1. The van der Waals surface area contributed by atoms with E-state index >= 15 is 0 Å². The molecule has 0 aliphatic rings. The van der Waals surface area contributed by atoms with Gasteiger partial charge in [-0.05, 0) is 22.0 Å². The maximum atomic E-state index is 12.5. The Morgan fingerprint density at radius 1 is 1.45 bits per heavy atom. The normalized spacial score (nSPS) is 11.8. The third-order valence-corrected chi connectivity index (χ3v) is 5.31. The molecule has 0 radical (unpaired) electrons. The molecule has 0 saturated heterocycles. The van der Waals surface area contributed by atoms with Crippen LogP contribution in [0.25, 0.3) is 4.96 Å². The van der Waals surface area contributed by atoms with Gasteiger partial charge in [0, 0.05) is 24.0 Å². The topological polar surface area (TPSA) is 102 Å². The van der Waals surface area contributed by atoms with Crippen LogP contribution in [0.2, 0.25) is 0 Å². The summed E-state index contributed by atoms with van der Waals surface area (Å²) in [6, 6.07) is 1.55. The zero-order valence-electron chi connectivity index (χ0n) is 9.82. The predicted molar refractivity (Wildman–Crippen MR) is 80.2 cm³/mol. The number of nitrogens with two attached hydrogens (primary N) is 1. The van der Waals surface area contributed by atoms with E-state index in [0.717, 1.165) is 0 Å². The van der Waals surface area contributed by atoms with E-state index in [-0.39, 0.29) is 10.8 Å². The first-order chi connectivity index (χ1) is 9.49. The van der Waals surface area contributed by atoms with Crippen LogP contribution in [0.4, 0.5) is 11.5 Å². The van der Waals surface area contributed by atoms with Crippen LogP contribution in [-0.2, 0) is 10.0 Å². The number of aromatic nitrogens is 3. The van der Waals surface area contributed by atoms with Crippen LogP contribution in [0.5, 0.6) is 0 Å². The Morgan fingerprint density at radius 2 is 2.25 bits per heavy atom. The summed E-state index contributed by atoms with van der Waals surface area (Å²) >= 11 is 4.54. The van der Waals surface area contributed by atoms with Gasteiger partial charge in [-0.15, -0.1) is 11.3 Å². The number of hydrogen-bond donors (Lipinski definition) is 2. The maximum absolute atomic E-state index is 12.5. The molecule has 10 heteroatoms. The lowest BCUT2D eigenvalue weighted by molar-refractivity contribution is 0.597. The van der Waals surface area contributed by atoms with Gasteiger partial charge in [0.1, 0.15) is 0 Å². The van der Waals surface area contributed by atoms with Gasteiger partial charge in [0.05, 0.1) is 10.2 Å². The van der Waals surface area contributed by atoms with Gasteiger partial charge in [0.25, 0.3) is 10.0 Å². The highest BCUT2D eigenvalue weighted by molar-refractivity contribution is 9.10. The molecule has 0 aliphatic carbocycles. The van der Waals surface area contributed by atoms with E-state index in [0.29, 0.717) is 15.1 Å². The SMILES string of the molecule is Nc1nc2sccn2c1S(=O)(=O)Nc1ccncc1Br. The second-order valence-electron chi connectivity index (χ2n) is 3.82. The Bertz CT molecular complexity index is 886. The number of pyridine rings is 1. The summed E-state index contributed by atoms with van der Waals surface area (Å²) in [5.74, 6) is -0.0328. The number of rotatable bonds is 3. The first-order valence-corrected chi connectivity index (χ1v) is 8.48. The minimum absolute atomic E-state index is 0.0328. The summed E-state index contributed by atoms with van der Waals surface area (Å²) in [5.41, 5.74) is 6.09. The van der Waals surface area contributed by atoms with Gasteiger partial charge < -0.3 is 5.73 Å². The molecule has 0 spiro atoms. The van der Waals surface area contributed by atoms with Gasteiger partial charge in [-0.25, -0.2) is 4.98 Å². The fourth-order valence-electron chi connectivity index (χ4n) is 1.70. The molecule has 3 heterocycles. The summed E-state index contributed by atoms with van der Waals surface area (Å²) in [7, 11) is -3.85. The first kappa shape index (κ1) is 13.3. The summed E-state index contributed by atoms with van der Waals surface area (Å²) in [6.07, 6.45) is 4.60. The van der Waals surface area contributed by atoms with E-state index in [1.54, 1.807) is 17.6 Å². The molecular weight excluding hydrogens is 366 g/mol. The highest BCUT2D eigenvalue weighted by Gasteiger charge is 2.25. The molecule has 0 aliphatic heterocycles. The van der Waals surface area contributed by atoms with Crippen molar-refractivity contribution in [3.8, 4) is 0 Å². The largest absolute Gasteiger partial charge is 0.381 e. The summed E-state index contributed by atoms with van der Waals surface area (Å²) in [6.45, 7) is 0. The van der Waals surface area contributed by atoms with Gasteiger partial charge in [0.2, 0.25) is 5.03 Å². The molecule has 0 amide bonds. The number of hydrogen-bond acceptors (Lipinski definition) is 6. The van der Waals surface area contributed by atoms with Crippen molar-refractivity contribution < 1.29 is 8.42 Å².